The standard InChI is InChI=1S/C28H51N7O3/c1-18-15-21(5-8-23(18)28(37)32-17-25(36)34-12-9-20(29)10-13-34)33-26-27-31-16-24(35(27)14-11-30-26)19-3-6-22(38-2)7-4-19/h18-24,26-27,30-31,33H,3-17,29H2,1-2H3,(H,32,37). The van der Waals surface area contributed by atoms with Crippen LogP contribution >= 0.6 is 0 Å². The quantitative estimate of drug-likeness (QED) is 0.314. The Balaban J connectivity index is 1.06. The van der Waals surface area contributed by atoms with E-state index in [0.29, 0.717) is 37.4 Å². The van der Waals surface area contributed by atoms with Crippen molar-refractivity contribution in [1.29, 1.82) is 0 Å². The molecule has 2 saturated carbocycles. The minimum atomic E-state index is -0.0253. The Morgan fingerprint density at radius 1 is 1.00 bits per heavy atom. The topological polar surface area (TPSA) is 124 Å². The fraction of sp³-hybridized carbons (Fsp3) is 0.929. The second-order valence-electron chi connectivity index (χ2n) is 12.6. The summed E-state index contributed by atoms with van der Waals surface area (Å²) < 4.78 is 5.60. The Labute approximate surface area is 228 Å². The first kappa shape index (κ1) is 28.2. The molecule has 10 heteroatoms. The zero-order chi connectivity index (χ0) is 26.6. The Morgan fingerprint density at radius 3 is 2.47 bits per heavy atom. The van der Waals surface area contributed by atoms with Gasteiger partial charge in [0.15, 0.2) is 0 Å². The normalized spacial score (nSPS) is 39.1. The molecule has 0 bridgehead atoms. The molecule has 3 heterocycles. The molecule has 5 aliphatic rings. The highest BCUT2D eigenvalue weighted by molar-refractivity contribution is 5.86. The monoisotopic (exact) mass is 533 g/mol. The van der Waals surface area contributed by atoms with E-state index < -0.39 is 0 Å². The van der Waals surface area contributed by atoms with E-state index in [0.717, 1.165) is 57.7 Å². The highest BCUT2D eigenvalue weighted by atomic mass is 16.5. The van der Waals surface area contributed by atoms with Gasteiger partial charge in [-0.05, 0) is 69.6 Å². The first-order valence-electron chi connectivity index (χ1n) is 15.2. The van der Waals surface area contributed by atoms with Crippen molar-refractivity contribution < 1.29 is 14.3 Å². The van der Waals surface area contributed by atoms with Crippen LogP contribution in [0.1, 0.15) is 64.7 Å². The Bertz CT molecular complexity index is 799. The van der Waals surface area contributed by atoms with Gasteiger partial charge in [0, 0.05) is 63.9 Å². The summed E-state index contributed by atoms with van der Waals surface area (Å²) >= 11 is 0. The van der Waals surface area contributed by atoms with Gasteiger partial charge in [-0.25, -0.2) is 0 Å². The highest BCUT2D eigenvalue weighted by Crippen LogP contribution is 2.34. The fourth-order valence-corrected chi connectivity index (χ4v) is 7.80. The predicted octanol–water partition coefficient (Wildman–Crippen LogP) is 0.181. The highest BCUT2D eigenvalue weighted by Gasteiger charge is 2.45. The number of methoxy groups -OCH3 is 1. The van der Waals surface area contributed by atoms with E-state index >= 15 is 0 Å². The Hall–Kier alpha value is -1.30. The average Bonchev–Trinajstić information content (AvgIpc) is 3.37. The van der Waals surface area contributed by atoms with Gasteiger partial charge in [0.05, 0.1) is 25.0 Å². The molecule has 2 aliphatic carbocycles. The summed E-state index contributed by atoms with van der Waals surface area (Å²) in [5, 5.41) is 14.4. The van der Waals surface area contributed by atoms with Gasteiger partial charge < -0.3 is 20.7 Å². The van der Waals surface area contributed by atoms with Crippen LogP contribution in [0.4, 0.5) is 0 Å². The number of carbonyl (C=O) groups is 2. The molecular formula is C28H51N7O3. The van der Waals surface area contributed by atoms with Gasteiger partial charge in [-0.2, -0.15) is 0 Å². The third-order valence-corrected chi connectivity index (χ3v) is 10.2. The summed E-state index contributed by atoms with van der Waals surface area (Å²) in [5.41, 5.74) is 5.95. The second kappa shape index (κ2) is 12.9. The molecule has 38 heavy (non-hydrogen) atoms. The molecule has 10 nitrogen and oxygen atoms in total. The van der Waals surface area contributed by atoms with Crippen molar-refractivity contribution in [2.45, 2.75) is 101 Å². The summed E-state index contributed by atoms with van der Waals surface area (Å²) in [7, 11) is 1.85. The molecule has 5 rings (SSSR count). The number of nitrogens with zero attached hydrogens (tertiary/aromatic N) is 2. The van der Waals surface area contributed by atoms with Crippen LogP contribution in [-0.4, -0.2) is 105 Å². The number of nitrogens with one attached hydrogen (secondary N) is 4. The number of amides is 2. The van der Waals surface area contributed by atoms with E-state index in [-0.39, 0.29) is 42.4 Å². The molecule has 6 unspecified atom stereocenters. The summed E-state index contributed by atoms with van der Waals surface area (Å²) in [4.78, 5) is 30.0. The van der Waals surface area contributed by atoms with E-state index in [9.17, 15) is 9.59 Å². The lowest BCUT2D eigenvalue weighted by atomic mass is 9.77. The molecule has 0 aromatic carbocycles. The summed E-state index contributed by atoms with van der Waals surface area (Å²) in [6, 6.07) is 1.20. The van der Waals surface area contributed by atoms with E-state index in [2.05, 4.69) is 33.1 Å². The van der Waals surface area contributed by atoms with Crippen molar-refractivity contribution >= 4 is 11.8 Å². The molecule has 3 aliphatic heterocycles. The van der Waals surface area contributed by atoms with Crippen LogP contribution in [0.3, 0.4) is 0 Å². The lowest BCUT2D eigenvalue weighted by Crippen LogP contribution is -2.67. The molecule has 2 amide bonds. The van der Waals surface area contributed by atoms with Gasteiger partial charge in [-0.15, -0.1) is 0 Å². The molecule has 0 aromatic heterocycles. The number of hydrogen-bond donors (Lipinski definition) is 5. The van der Waals surface area contributed by atoms with Crippen LogP contribution in [0.25, 0.3) is 0 Å². The van der Waals surface area contributed by atoms with Crippen molar-refractivity contribution in [2.24, 2.45) is 23.5 Å². The minimum absolute atomic E-state index is 0.00953. The number of piperidine rings is 1. The smallest absolute Gasteiger partial charge is 0.241 e. The maximum absolute atomic E-state index is 13.0. The van der Waals surface area contributed by atoms with Crippen molar-refractivity contribution in [3.8, 4) is 0 Å². The molecule has 6 N–H and O–H groups in total. The van der Waals surface area contributed by atoms with Crippen LogP contribution in [-0.2, 0) is 14.3 Å². The molecule has 5 fully saturated rings. The second-order valence-corrected chi connectivity index (χ2v) is 12.6. The first-order chi connectivity index (χ1) is 18.4. The number of likely N-dealkylation sites (tertiary alicyclic amines) is 1. The van der Waals surface area contributed by atoms with Crippen molar-refractivity contribution in [2.75, 3.05) is 46.4 Å². The summed E-state index contributed by atoms with van der Waals surface area (Å²) in [6.45, 7) is 6.84. The zero-order valence-electron chi connectivity index (χ0n) is 23.5. The SMILES string of the molecule is COC1CCC(C2CNC3C(NC4CCC(C(=O)NCC(=O)N5CCC(N)CC5)C(C)C4)NCCN23)CC1. The predicted molar refractivity (Wildman–Crippen MR) is 147 cm³/mol. The van der Waals surface area contributed by atoms with E-state index in [1.54, 1.807) is 0 Å². The third kappa shape index (κ3) is 6.53. The zero-order valence-corrected chi connectivity index (χ0v) is 23.5. The lowest BCUT2D eigenvalue weighted by Gasteiger charge is -2.45. The van der Waals surface area contributed by atoms with Crippen LogP contribution < -0.4 is 27.0 Å². The van der Waals surface area contributed by atoms with E-state index in [4.69, 9.17) is 10.5 Å². The molecule has 0 radical (unpaired) electrons. The molecular weight excluding hydrogens is 482 g/mol. The van der Waals surface area contributed by atoms with Gasteiger partial charge in [0.25, 0.3) is 0 Å². The van der Waals surface area contributed by atoms with Gasteiger partial charge in [0.1, 0.15) is 0 Å². The first-order valence-corrected chi connectivity index (χ1v) is 15.2. The van der Waals surface area contributed by atoms with Gasteiger partial charge in [-0.1, -0.05) is 6.92 Å². The van der Waals surface area contributed by atoms with E-state index in [1.807, 2.05) is 12.0 Å². The van der Waals surface area contributed by atoms with Crippen LogP contribution in [0.2, 0.25) is 0 Å². The minimum Gasteiger partial charge on any atom is -0.381 e. The summed E-state index contributed by atoms with van der Waals surface area (Å²) in [5.74, 6) is 1.05. The molecule has 6 atom stereocenters. The number of hydrogen-bond acceptors (Lipinski definition) is 8. The van der Waals surface area contributed by atoms with Crippen molar-refractivity contribution in [1.82, 2.24) is 31.1 Å². The maximum atomic E-state index is 13.0. The van der Waals surface area contributed by atoms with Gasteiger partial charge >= 0.3 is 0 Å². The van der Waals surface area contributed by atoms with Crippen LogP contribution in [0.5, 0.6) is 0 Å². The lowest BCUT2D eigenvalue weighted by molar-refractivity contribution is -0.135. The number of ether oxygens (including phenoxy) is 1. The number of rotatable bonds is 7. The molecule has 0 aromatic rings. The largest absolute Gasteiger partial charge is 0.381 e. The van der Waals surface area contributed by atoms with Crippen molar-refractivity contribution in [3.63, 3.8) is 0 Å². The number of piperazine rings is 1. The molecule has 3 saturated heterocycles. The van der Waals surface area contributed by atoms with Crippen LogP contribution in [0, 0.1) is 17.8 Å². The Morgan fingerprint density at radius 2 is 1.76 bits per heavy atom. The maximum Gasteiger partial charge on any atom is 0.241 e. The van der Waals surface area contributed by atoms with Crippen molar-refractivity contribution in [3.05, 3.63) is 0 Å². The average molecular weight is 534 g/mol. The summed E-state index contributed by atoms with van der Waals surface area (Å²) in [6.07, 6.45) is 10.4. The van der Waals surface area contributed by atoms with Gasteiger partial charge in [0.2, 0.25) is 11.8 Å². The van der Waals surface area contributed by atoms with Crippen LogP contribution in [0.15, 0.2) is 0 Å². The fourth-order valence-electron chi connectivity index (χ4n) is 7.80. The van der Waals surface area contributed by atoms with Gasteiger partial charge in [-0.3, -0.25) is 30.4 Å². The third-order valence-electron chi connectivity index (χ3n) is 10.2. The number of carbonyl (C=O) groups excluding carboxylic acids is 2. The number of nitrogens with two attached hydrogens (primary N) is 1. The number of fused-ring (bicyclic) bond motifs is 1. The molecule has 216 valence electrons. The Kier molecular flexibility index (Phi) is 9.59. The van der Waals surface area contributed by atoms with E-state index in [1.165, 1.54) is 25.7 Å². The molecule has 0 spiro atoms.